The molecule has 0 radical (unpaired) electrons. The topological polar surface area (TPSA) is 94.5 Å². The number of hydrogen-bond acceptors (Lipinski definition) is 6. The first-order chi connectivity index (χ1) is 25.9. The second kappa shape index (κ2) is 12.0. The van der Waals surface area contributed by atoms with Crippen LogP contribution >= 0.6 is 0 Å². The van der Waals surface area contributed by atoms with E-state index < -0.39 is 0 Å². The van der Waals surface area contributed by atoms with Crippen molar-refractivity contribution in [1.29, 1.82) is 0 Å². The van der Waals surface area contributed by atoms with Crippen molar-refractivity contribution in [3.05, 3.63) is 104 Å². The largest absolute Gasteiger partial charge is 0.304 e. The molecule has 5 aliphatic rings. The van der Waals surface area contributed by atoms with Gasteiger partial charge in [-0.15, -0.1) is 0 Å². The zero-order valence-corrected chi connectivity index (χ0v) is 32.4. The van der Waals surface area contributed by atoms with Crippen LogP contribution in [-0.2, 0) is 16.2 Å². The van der Waals surface area contributed by atoms with Gasteiger partial charge in [0.2, 0.25) is 0 Å². The Balaban J connectivity index is 1.06. The monoisotopic (exact) mass is 720 g/mol. The van der Waals surface area contributed by atoms with Crippen molar-refractivity contribution in [2.45, 2.75) is 127 Å². The van der Waals surface area contributed by atoms with Crippen molar-refractivity contribution < 1.29 is 0 Å². The van der Waals surface area contributed by atoms with Gasteiger partial charge in [-0.1, -0.05) is 53.9 Å². The van der Waals surface area contributed by atoms with E-state index in [1.54, 1.807) is 6.07 Å². The van der Waals surface area contributed by atoms with E-state index in [0.29, 0.717) is 35.2 Å². The van der Waals surface area contributed by atoms with Gasteiger partial charge in [-0.25, -0.2) is 0 Å². The normalized spacial score (nSPS) is 26.1. The van der Waals surface area contributed by atoms with Crippen LogP contribution in [0.2, 0.25) is 0 Å². The Hall–Kier alpha value is -4.46. The maximum atomic E-state index is 13.6. The first kappa shape index (κ1) is 34.1. The molecule has 5 aliphatic carbocycles. The Labute approximate surface area is 316 Å². The minimum atomic E-state index is -0.224. The predicted molar refractivity (Wildman–Crippen MR) is 214 cm³/mol. The van der Waals surface area contributed by atoms with E-state index in [-0.39, 0.29) is 27.4 Å². The van der Waals surface area contributed by atoms with Gasteiger partial charge in [-0.3, -0.25) is 19.6 Å². The van der Waals surface area contributed by atoms with Crippen molar-refractivity contribution in [3.63, 3.8) is 0 Å². The molecule has 3 atom stereocenters. The van der Waals surface area contributed by atoms with Gasteiger partial charge in [-0.05, 0) is 117 Å². The molecule has 0 saturated heterocycles. The summed E-state index contributed by atoms with van der Waals surface area (Å²) in [6.45, 7) is 11.3. The summed E-state index contributed by atoms with van der Waals surface area (Å²) in [6, 6.07) is 16.4. The molecule has 6 aromatic heterocycles. The standard InChI is InChI=1S/C46H52N6O2/c1-44(2,3)37-13-11-32-34(47-37)16-18-52-39(23-41(54)50-43(32)52)46-24-27-19-28(25-46)21-30(20-27)33(46)26-45(4,5)38-14-12-31-35(48-38)15-17-51-36(22-40(53)49-42(31)51)29-9-7-6-8-10-29/h11-18,22-23,27-30,33H,6-10,19-21,24-26H2,1-5H3. The number of nitrogens with zero attached hydrogens (tertiary/aromatic N) is 6. The zero-order valence-electron chi connectivity index (χ0n) is 32.4. The summed E-state index contributed by atoms with van der Waals surface area (Å²) in [5.41, 5.74) is 6.80. The lowest BCUT2D eigenvalue weighted by Crippen LogP contribution is -2.57. The fourth-order valence-corrected chi connectivity index (χ4v) is 12.0. The van der Waals surface area contributed by atoms with Crippen LogP contribution in [0.1, 0.15) is 134 Å². The van der Waals surface area contributed by atoms with E-state index >= 15 is 0 Å². The molecule has 5 saturated carbocycles. The molecular weight excluding hydrogens is 669 g/mol. The van der Waals surface area contributed by atoms with Gasteiger partial charge in [0.15, 0.2) is 11.3 Å². The van der Waals surface area contributed by atoms with E-state index in [9.17, 15) is 9.59 Å². The van der Waals surface area contributed by atoms with E-state index in [4.69, 9.17) is 9.97 Å². The van der Waals surface area contributed by atoms with Crippen LogP contribution in [0, 0.1) is 23.7 Å². The van der Waals surface area contributed by atoms with Gasteiger partial charge in [0.1, 0.15) is 0 Å². The highest BCUT2D eigenvalue weighted by atomic mass is 16.1. The Morgan fingerprint density at radius 3 is 1.94 bits per heavy atom. The van der Waals surface area contributed by atoms with Gasteiger partial charge in [0.05, 0.1) is 11.0 Å². The van der Waals surface area contributed by atoms with Crippen LogP contribution in [0.4, 0.5) is 0 Å². The number of aromatic nitrogens is 6. The molecule has 6 heterocycles. The highest BCUT2D eigenvalue weighted by molar-refractivity contribution is 5.92. The maximum Gasteiger partial charge on any atom is 0.273 e. The summed E-state index contributed by atoms with van der Waals surface area (Å²) in [4.78, 5) is 46.2. The summed E-state index contributed by atoms with van der Waals surface area (Å²) in [6.07, 6.45) is 17.2. The van der Waals surface area contributed by atoms with Crippen LogP contribution in [0.25, 0.3) is 33.1 Å². The van der Waals surface area contributed by atoms with Gasteiger partial charge in [0.25, 0.3) is 11.1 Å². The third-order valence-corrected chi connectivity index (χ3v) is 14.3. The summed E-state index contributed by atoms with van der Waals surface area (Å²) in [5, 5.41) is 1.86. The molecule has 0 aromatic carbocycles. The highest BCUT2D eigenvalue weighted by Crippen LogP contribution is 2.65. The molecule has 8 heteroatoms. The van der Waals surface area contributed by atoms with E-state index in [0.717, 1.165) is 82.3 Å². The van der Waals surface area contributed by atoms with Crippen LogP contribution in [0.5, 0.6) is 0 Å². The smallest absolute Gasteiger partial charge is 0.273 e. The van der Waals surface area contributed by atoms with Crippen molar-refractivity contribution in [3.8, 4) is 0 Å². The number of fused-ring (bicyclic) bond motifs is 6. The molecule has 0 N–H and O–H groups in total. The molecule has 4 bridgehead atoms. The Kier molecular flexibility index (Phi) is 7.58. The quantitative estimate of drug-likeness (QED) is 0.165. The minimum absolute atomic E-state index is 0.0729. The van der Waals surface area contributed by atoms with E-state index in [1.807, 2.05) is 6.07 Å². The third kappa shape index (κ3) is 5.36. The third-order valence-electron chi connectivity index (χ3n) is 14.3. The van der Waals surface area contributed by atoms with Crippen LogP contribution < -0.4 is 11.1 Å². The SMILES string of the molecule is CC(C)(C)c1ccc2c(ccn3c(C45CC6CC(CC(C6)C4CC(C)(C)c4ccc6c(ccn7c(C8CCCCC8)cc(=O)nc67)n4)C5)cc(=O)nc23)n1. The zero-order chi connectivity index (χ0) is 37.1. The van der Waals surface area contributed by atoms with Crippen LogP contribution in [-0.4, -0.2) is 28.7 Å². The average Bonchev–Trinajstić information content (AvgIpc) is 3.14. The molecule has 54 heavy (non-hydrogen) atoms. The molecule has 11 rings (SSSR count). The highest BCUT2D eigenvalue weighted by Gasteiger charge is 2.59. The average molecular weight is 721 g/mol. The van der Waals surface area contributed by atoms with Crippen molar-refractivity contribution in [2.75, 3.05) is 0 Å². The maximum absolute atomic E-state index is 13.6. The van der Waals surface area contributed by atoms with Crippen molar-refractivity contribution >= 4 is 33.1 Å². The Morgan fingerprint density at radius 2 is 1.28 bits per heavy atom. The van der Waals surface area contributed by atoms with Gasteiger partial charge < -0.3 is 8.80 Å². The van der Waals surface area contributed by atoms with Crippen molar-refractivity contribution in [1.82, 2.24) is 28.7 Å². The predicted octanol–water partition coefficient (Wildman–Crippen LogP) is 9.21. The number of hydrogen-bond donors (Lipinski definition) is 0. The molecule has 5 fully saturated rings. The molecule has 0 aliphatic heterocycles. The van der Waals surface area contributed by atoms with E-state index in [2.05, 4.69) is 102 Å². The lowest BCUT2D eigenvalue weighted by Gasteiger charge is -2.62. The minimum Gasteiger partial charge on any atom is -0.304 e. The van der Waals surface area contributed by atoms with Gasteiger partial charge in [0, 0.05) is 74.3 Å². The lowest BCUT2D eigenvalue weighted by atomic mass is 9.42. The summed E-state index contributed by atoms with van der Waals surface area (Å²) in [7, 11) is 0. The number of rotatable bonds is 5. The lowest BCUT2D eigenvalue weighted by molar-refractivity contribution is -0.0738. The first-order valence-electron chi connectivity index (χ1n) is 20.5. The number of pyridine rings is 4. The van der Waals surface area contributed by atoms with E-state index in [1.165, 1.54) is 38.5 Å². The van der Waals surface area contributed by atoms with Crippen molar-refractivity contribution in [2.24, 2.45) is 23.7 Å². The second-order valence-electron chi connectivity index (χ2n) is 19.3. The van der Waals surface area contributed by atoms with Gasteiger partial charge >= 0.3 is 0 Å². The summed E-state index contributed by atoms with van der Waals surface area (Å²) in [5.74, 6) is 2.80. The van der Waals surface area contributed by atoms with Gasteiger partial charge in [-0.2, -0.15) is 9.97 Å². The Bertz CT molecular complexity index is 2590. The molecule has 8 nitrogen and oxygen atoms in total. The molecular formula is C46H52N6O2. The second-order valence-corrected chi connectivity index (χ2v) is 19.3. The molecule has 0 spiro atoms. The van der Waals surface area contributed by atoms with Crippen LogP contribution in [0.15, 0.2) is 70.5 Å². The molecule has 6 aromatic rings. The fourth-order valence-electron chi connectivity index (χ4n) is 12.0. The summed E-state index contributed by atoms with van der Waals surface area (Å²) < 4.78 is 4.40. The molecule has 278 valence electrons. The molecule has 0 amide bonds. The molecule has 3 unspecified atom stereocenters. The van der Waals surface area contributed by atoms with Crippen LogP contribution in [0.3, 0.4) is 0 Å². The fraction of sp³-hybridized carbons (Fsp3) is 0.522. The Morgan fingerprint density at radius 1 is 0.685 bits per heavy atom. The summed E-state index contributed by atoms with van der Waals surface area (Å²) >= 11 is 0. The first-order valence-corrected chi connectivity index (χ1v) is 20.5.